The van der Waals surface area contributed by atoms with Crippen molar-refractivity contribution in [3.63, 3.8) is 0 Å². The summed E-state index contributed by atoms with van der Waals surface area (Å²) in [5.41, 5.74) is 1.25. The average molecular weight is 461 g/mol. The zero-order valence-electron chi connectivity index (χ0n) is 16.6. The number of ether oxygens (including phenoxy) is 1. The molecule has 1 amide bonds. The molecule has 1 fully saturated rings. The van der Waals surface area contributed by atoms with E-state index in [2.05, 4.69) is 30.3 Å². The molecular formula is C21H18F3N5O2S. The minimum atomic E-state index is -4.81. The molecule has 1 aliphatic carbocycles. The van der Waals surface area contributed by atoms with Gasteiger partial charge in [-0.3, -0.25) is 4.79 Å². The Morgan fingerprint density at radius 2 is 1.97 bits per heavy atom. The number of nitrogens with zero attached hydrogens (tertiary/aromatic N) is 3. The van der Waals surface area contributed by atoms with Crippen LogP contribution in [0.15, 0.2) is 59.9 Å². The fourth-order valence-corrected chi connectivity index (χ4v) is 3.64. The molecule has 0 atom stereocenters. The molecule has 7 nitrogen and oxygen atoms in total. The second-order valence-corrected chi connectivity index (χ2v) is 7.93. The van der Waals surface area contributed by atoms with Crippen LogP contribution in [0, 0.1) is 0 Å². The number of benzene rings is 1. The Labute approximate surface area is 185 Å². The van der Waals surface area contributed by atoms with E-state index in [1.54, 1.807) is 30.6 Å². The van der Waals surface area contributed by atoms with Gasteiger partial charge in [-0.15, -0.1) is 13.2 Å². The number of aromatic nitrogens is 3. The summed E-state index contributed by atoms with van der Waals surface area (Å²) >= 11 is 1.33. The number of hydrogen-bond donors (Lipinski definition) is 2. The number of anilines is 2. The Hall–Kier alpha value is -3.34. The number of rotatable bonds is 8. The summed E-state index contributed by atoms with van der Waals surface area (Å²) in [7, 11) is 0. The van der Waals surface area contributed by atoms with E-state index >= 15 is 0 Å². The molecule has 11 heteroatoms. The van der Waals surface area contributed by atoms with Crippen molar-refractivity contribution in [2.75, 3.05) is 10.6 Å². The van der Waals surface area contributed by atoms with Gasteiger partial charge in [0.05, 0.1) is 11.3 Å². The van der Waals surface area contributed by atoms with Gasteiger partial charge < -0.3 is 15.4 Å². The minimum Gasteiger partial charge on any atom is -0.406 e. The van der Waals surface area contributed by atoms with Gasteiger partial charge >= 0.3 is 6.36 Å². The number of halogens is 3. The smallest absolute Gasteiger partial charge is 0.406 e. The highest BCUT2D eigenvalue weighted by Crippen LogP contribution is 2.28. The van der Waals surface area contributed by atoms with Gasteiger partial charge in [0.15, 0.2) is 0 Å². The zero-order chi connectivity index (χ0) is 22.6. The summed E-state index contributed by atoms with van der Waals surface area (Å²) in [6, 6.07) is 10.5. The first-order chi connectivity index (χ1) is 15.4. The molecule has 0 spiro atoms. The van der Waals surface area contributed by atoms with Gasteiger partial charge in [-0.05, 0) is 43.2 Å². The maximum absolute atomic E-state index is 12.8. The van der Waals surface area contributed by atoms with Crippen LogP contribution in [-0.4, -0.2) is 33.3 Å². The largest absolute Gasteiger partial charge is 0.573 e. The van der Waals surface area contributed by atoms with Gasteiger partial charge in [0.25, 0.3) is 5.91 Å². The lowest BCUT2D eigenvalue weighted by Gasteiger charge is -2.12. The molecule has 0 bridgehead atoms. The maximum Gasteiger partial charge on any atom is 0.573 e. The lowest BCUT2D eigenvalue weighted by molar-refractivity contribution is -0.274. The average Bonchev–Trinajstić information content (AvgIpc) is 3.56. The normalized spacial score (nSPS) is 13.5. The molecule has 0 aliphatic heterocycles. The number of carbonyl (C=O) groups is 1. The lowest BCUT2D eigenvalue weighted by Crippen LogP contribution is -2.17. The molecule has 32 heavy (non-hydrogen) atoms. The van der Waals surface area contributed by atoms with E-state index in [0.29, 0.717) is 28.3 Å². The first-order valence-electron chi connectivity index (χ1n) is 9.69. The van der Waals surface area contributed by atoms with E-state index in [1.165, 1.54) is 23.9 Å². The van der Waals surface area contributed by atoms with Gasteiger partial charge in [-0.1, -0.05) is 17.8 Å². The Balaban J connectivity index is 1.43. The van der Waals surface area contributed by atoms with E-state index in [4.69, 9.17) is 0 Å². The molecule has 1 saturated carbocycles. The number of amides is 1. The van der Waals surface area contributed by atoms with Crippen molar-refractivity contribution in [3.05, 3.63) is 66.1 Å². The summed E-state index contributed by atoms with van der Waals surface area (Å²) < 4.78 is 41.2. The highest BCUT2D eigenvalue weighted by molar-refractivity contribution is 7.98. The SMILES string of the molecule is O=C(Nc1cccc(OC(F)(F)F)c1)c1cccnc1SCc1ccnc(NC2CC2)n1. The predicted molar refractivity (Wildman–Crippen MR) is 114 cm³/mol. The summed E-state index contributed by atoms with van der Waals surface area (Å²) in [4.78, 5) is 25.7. The molecule has 2 heterocycles. The van der Waals surface area contributed by atoms with E-state index in [9.17, 15) is 18.0 Å². The fraction of sp³-hybridized carbons (Fsp3) is 0.238. The van der Waals surface area contributed by atoms with Crippen LogP contribution in [0.4, 0.5) is 24.8 Å². The monoisotopic (exact) mass is 461 g/mol. The quantitative estimate of drug-likeness (QED) is 0.462. The fourth-order valence-electron chi connectivity index (χ4n) is 2.75. The highest BCUT2D eigenvalue weighted by Gasteiger charge is 2.31. The third-order valence-corrected chi connectivity index (χ3v) is 5.36. The van der Waals surface area contributed by atoms with Crippen LogP contribution in [0.1, 0.15) is 28.9 Å². The van der Waals surface area contributed by atoms with Crippen LogP contribution in [0.5, 0.6) is 5.75 Å². The first kappa shape index (κ1) is 21.9. The number of carbonyl (C=O) groups excluding carboxylic acids is 1. The van der Waals surface area contributed by atoms with Crippen LogP contribution in [-0.2, 0) is 5.75 Å². The number of alkyl halides is 3. The molecule has 1 aliphatic rings. The predicted octanol–water partition coefficient (Wildman–Crippen LogP) is 4.89. The van der Waals surface area contributed by atoms with Gasteiger partial charge in [0.1, 0.15) is 10.8 Å². The summed E-state index contributed by atoms with van der Waals surface area (Å²) in [5.74, 6) is 0.123. The van der Waals surface area contributed by atoms with E-state index in [0.717, 1.165) is 30.7 Å². The number of hydrogen-bond acceptors (Lipinski definition) is 7. The van der Waals surface area contributed by atoms with Crippen LogP contribution in [0.2, 0.25) is 0 Å². The van der Waals surface area contributed by atoms with Crippen molar-refractivity contribution in [2.24, 2.45) is 0 Å². The van der Waals surface area contributed by atoms with Crippen molar-refractivity contribution < 1.29 is 22.7 Å². The Morgan fingerprint density at radius 3 is 2.75 bits per heavy atom. The van der Waals surface area contributed by atoms with Gasteiger partial charge in [-0.25, -0.2) is 15.0 Å². The Morgan fingerprint density at radius 1 is 1.12 bits per heavy atom. The van der Waals surface area contributed by atoms with E-state index in [1.807, 2.05) is 0 Å². The van der Waals surface area contributed by atoms with E-state index < -0.39 is 18.0 Å². The lowest BCUT2D eigenvalue weighted by atomic mass is 10.2. The van der Waals surface area contributed by atoms with Crippen molar-refractivity contribution in [1.82, 2.24) is 15.0 Å². The summed E-state index contributed by atoms with van der Waals surface area (Å²) in [6.07, 6.45) is 0.650. The topological polar surface area (TPSA) is 89.0 Å². The van der Waals surface area contributed by atoms with Crippen molar-refractivity contribution in [3.8, 4) is 5.75 Å². The van der Waals surface area contributed by atoms with Gasteiger partial charge in [0, 0.05) is 35.9 Å². The number of thioether (sulfide) groups is 1. The van der Waals surface area contributed by atoms with Crippen LogP contribution >= 0.6 is 11.8 Å². The standard InChI is InChI=1S/C21H18F3N5O2S/c22-21(23,24)31-16-4-1-3-14(11-16)27-18(30)17-5-2-9-25-19(17)32-12-15-8-10-26-20(29-15)28-13-6-7-13/h1-5,8-11,13H,6-7,12H2,(H,27,30)(H,26,28,29). The number of nitrogens with one attached hydrogen (secondary N) is 2. The molecule has 166 valence electrons. The molecule has 3 aromatic rings. The second kappa shape index (κ2) is 9.43. The van der Waals surface area contributed by atoms with Crippen LogP contribution < -0.4 is 15.4 Å². The van der Waals surface area contributed by atoms with Crippen molar-refractivity contribution >= 4 is 29.3 Å². The second-order valence-electron chi connectivity index (χ2n) is 6.96. The Bertz CT molecular complexity index is 1110. The molecule has 0 saturated heterocycles. The van der Waals surface area contributed by atoms with Gasteiger partial charge in [-0.2, -0.15) is 0 Å². The third-order valence-electron chi connectivity index (χ3n) is 4.32. The van der Waals surface area contributed by atoms with Crippen LogP contribution in [0.25, 0.3) is 0 Å². The molecule has 4 rings (SSSR count). The summed E-state index contributed by atoms with van der Waals surface area (Å²) in [6.45, 7) is 0. The van der Waals surface area contributed by atoms with Crippen LogP contribution in [0.3, 0.4) is 0 Å². The zero-order valence-corrected chi connectivity index (χ0v) is 17.4. The molecule has 1 aromatic carbocycles. The number of pyridine rings is 1. The molecule has 2 N–H and O–H groups in total. The van der Waals surface area contributed by atoms with Crippen molar-refractivity contribution in [1.29, 1.82) is 0 Å². The Kier molecular flexibility index (Phi) is 6.45. The molecule has 2 aromatic heterocycles. The third kappa shape index (κ3) is 6.33. The summed E-state index contributed by atoms with van der Waals surface area (Å²) in [5, 5.41) is 6.30. The molecule has 0 radical (unpaired) electrons. The van der Waals surface area contributed by atoms with E-state index in [-0.39, 0.29) is 5.69 Å². The maximum atomic E-state index is 12.8. The minimum absolute atomic E-state index is 0.170. The molecule has 0 unspecified atom stereocenters. The molecular weight excluding hydrogens is 443 g/mol. The highest BCUT2D eigenvalue weighted by atomic mass is 32.2. The van der Waals surface area contributed by atoms with Crippen molar-refractivity contribution in [2.45, 2.75) is 36.0 Å². The van der Waals surface area contributed by atoms with Gasteiger partial charge in [0.2, 0.25) is 5.95 Å². The first-order valence-corrected chi connectivity index (χ1v) is 10.7.